The lowest BCUT2D eigenvalue weighted by Crippen LogP contribution is -2.49. The van der Waals surface area contributed by atoms with Crippen molar-refractivity contribution in [3.8, 4) is 16.3 Å². The van der Waals surface area contributed by atoms with Crippen LogP contribution in [0.3, 0.4) is 0 Å². The topological polar surface area (TPSA) is 92.1 Å². The van der Waals surface area contributed by atoms with Crippen LogP contribution in [0, 0.1) is 0 Å². The molecule has 1 aliphatic rings. The fourth-order valence-electron chi connectivity index (χ4n) is 3.99. The summed E-state index contributed by atoms with van der Waals surface area (Å²) in [5, 5.41) is 8.71. The number of amides is 2. The average molecular weight is 525 g/mol. The smallest absolute Gasteiger partial charge is 0.321 e. The van der Waals surface area contributed by atoms with Gasteiger partial charge in [-0.1, -0.05) is 35.1 Å². The summed E-state index contributed by atoms with van der Waals surface area (Å²) >= 11 is 7.34. The number of rotatable bonds is 6. The number of benzene rings is 2. The number of hydrogen-bond donors (Lipinski definition) is 1. The van der Waals surface area contributed by atoms with E-state index in [0.717, 1.165) is 17.0 Å². The molecular formula is C25H25ClN6O3S. The van der Waals surface area contributed by atoms with Gasteiger partial charge in [-0.05, 0) is 43.3 Å². The number of nitrogens with zero attached hydrogens (tertiary/aromatic N) is 5. The molecule has 11 heteroatoms. The van der Waals surface area contributed by atoms with Crippen molar-refractivity contribution in [2.75, 3.05) is 38.1 Å². The van der Waals surface area contributed by atoms with Crippen LogP contribution in [0.15, 0.2) is 59.4 Å². The molecule has 2 aromatic heterocycles. The molecule has 4 aromatic rings. The van der Waals surface area contributed by atoms with Gasteiger partial charge in [0.1, 0.15) is 10.8 Å². The Kier molecular flexibility index (Phi) is 7.17. The number of aromatic nitrogens is 3. The number of carbonyl (C=O) groups excluding carboxylic acids is 1. The minimum Gasteiger partial charge on any atom is -0.494 e. The Morgan fingerprint density at radius 3 is 2.50 bits per heavy atom. The number of hydrogen-bond acceptors (Lipinski definition) is 7. The molecule has 0 atom stereocenters. The van der Waals surface area contributed by atoms with Gasteiger partial charge in [0.25, 0.3) is 5.56 Å². The summed E-state index contributed by atoms with van der Waals surface area (Å²) in [6, 6.07) is 16.1. The van der Waals surface area contributed by atoms with Gasteiger partial charge in [-0.2, -0.15) is 9.61 Å². The zero-order valence-corrected chi connectivity index (χ0v) is 21.3. The van der Waals surface area contributed by atoms with Crippen LogP contribution >= 0.6 is 22.9 Å². The standard InChI is InChI=1S/C25H25ClN6O3S/c1-2-35-21-9-7-19(8-10-21)27-24(34)31-13-11-30(12-14-31)16-20-15-22(33)32-25(28-20)36-23(29-32)17-3-5-18(26)6-4-17/h3-10,15H,2,11-14,16H2,1H3,(H,27,34). The van der Waals surface area contributed by atoms with Crippen molar-refractivity contribution in [3.63, 3.8) is 0 Å². The summed E-state index contributed by atoms with van der Waals surface area (Å²) in [6.45, 7) is 5.63. The molecule has 0 saturated carbocycles. The van der Waals surface area contributed by atoms with Crippen molar-refractivity contribution in [2.24, 2.45) is 0 Å². The molecule has 36 heavy (non-hydrogen) atoms. The molecule has 0 aliphatic carbocycles. The van der Waals surface area contributed by atoms with E-state index in [1.807, 2.05) is 43.3 Å². The maximum absolute atomic E-state index is 12.7. The first kappa shape index (κ1) is 24.2. The van der Waals surface area contributed by atoms with E-state index in [4.69, 9.17) is 16.3 Å². The lowest BCUT2D eigenvalue weighted by Gasteiger charge is -2.34. The van der Waals surface area contributed by atoms with Crippen LogP contribution < -0.4 is 15.6 Å². The normalized spacial score (nSPS) is 14.2. The van der Waals surface area contributed by atoms with E-state index < -0.39 is 0 Å². The summed E-state index contributed by atoms with van der Waals surface area (Å²) in [5.74, 6) is 0.773. The molecule has 1 fully saturated rings. The van der Waals surface area contributed by atoms with E-state index in [0.29, 0.717) is 60.0 Å². The Morgan fingerprint density at radius 2 is 1.81 bits per heavy atom. The van der Waals surface area contributed by atoms with Gasteiger partial charge in [-0.15, -0.1) is 0 Å². The number of piperazine rings is 1. The Bertz CT molecular complexity index is 1410. The molecule has 5 rings (SSSR count). The molecule has 0 radical (unpaired) electrons. The maximum Gasteiger partial charge on any atom is 0.321 e. The number of carbonyl (C=O) groups is 1. The van der Waals surface area contributed by atoms with E-state index in [-0.39, 0.29) is 11.6 Å². The van der Waals surface area contributed by atoms with Crippen LogP contribution in [0.4, 0.5) is 10.5 Å². The highest BCUT2D eigenvalue weighted by Crippen LogP contribution is 2.25. The highest BCUT2D eigenvalue weighted by atomic mass is 35.5. The van der Waals surface area contributed by atoms with Crippen molar-refractivity contribution in [3.05, 3.63) is 75.7 Å². The van der Waals surface area contributed by atoms with Gasteiger partial charge in [-0.3, -0.25) is 9.69 Å². The molecule has 9 nitrogen and oxygen atoms in total. The van der Waals surface area contributed by atoms with E-state index in [1.54, 1.807) is 17.0 Å². The van der Waals surface area contributed by atoms with E-state index >= 15 is 0 Å². The van der Waals surface area contributed by atoms with Crippen LogP contribution in [-0.4, -0.2) is 63.2 Å². The summed E-state index contributed by atoms with van der Waals surface area (Å²) in [6.07, 6.45) is 0. The van der Waals surface area contributed by atoms with Crippen molar-refractivity contribution in [1.29, 1.82) is 0 Å². The van der Waals surface area contributed by atoms with Crippen molar-refractivity contribution < 1.29 is 9.53 Å². The van der Waals surface area contributed by atoms with Crippen LogP contribution in [-0.2, 0) is 6.54 Å². The highest BCUT2D eigenvalue weighted by Gasteiger charge is 2.22. The molecule has 3 heterocycles. The molecule has 0 bridgehead atoms. The summed E-state index contributed by atoms with van der Waals surface area (Å²) < 4.78 is 6.77. The number of urea groups is 1. The summed E-state index contributed by atoms with van der Waals surface area (Å²) in [4.78, 5) is 34.5. The largest absolute Gasteiger partial charge is 0.494 e. The van der Waals surface area contributed by atoms with Crippen molar-refractivity contribution in [2.45, 2.75) is 13.5 Å². The lowest BCUT2D eigenvalue weighted by molar-refractivity contribution is 0.142. The van der Waals surface area contributed by atoms with Gasteiger partial charge in [0.2, 0.25) is 4.96 Å². The first-order valence-corrected chi connectivity index (χ1v) is 12.8. The Hall–Kier alpha value is -3.47. The predicted molar refractivity (Wildman–Crippen MR) is 141 cm³/mol. The highest BCUT2D eigenvalue weighted by molar-refractivity contribution is 7.19. The number of nitrogens with one attached hydrogen (secondary N) is 1. The molecule has 1 aliphatic heterocycles. The second kappa shape index (κ2) is 10.7. The second-order valence-corrected chi connectivity index (χ2v) is 9.74. The zero-order valence-electron chi connectivity index (χ0n) is 19.7. The third kappa shape index (κ3) is 5.51. The fourth-order valence-corrected chi connectivity index (χ4v) is 5.04. The van der Waals surface area contributed by atoms with Crippen LogP contribution in [0.2, 0.25) is 5.02 Å². The van der Waals surface area contributed by atoms with Gasteiger partial charge in [0.05, 0.1) is 12.3 Å². The molecule has 186 valence electrons. The lowest BCUT2D eigenvalue weighted by atomic mass is 10.2. The summed E-state index contributed by atoms with van der Waals surface area (Å²) in [5.41, 5.74) is 2.10. The minimum absolute atomic E-state index is 0.129. The molecule has 0 spiro atoms. The quantitative estimate of drug-likeness (QED) is 0.406. The molecule has 1 saturated heterocycles. The van der Waals surface area contributed by atoms with Gasteiger partial charge in [0, 0.05) is 55.1 Å². The monoisotopic (exact) mass is 524 g/mol. The molecule has 1 N–H and O–H groups in total. The zero-order chi connectivity index (χ0) is 25.1. The Balaban J connectivity index is 1.19. The third-order valence-electron chi connectivity index (χ3n) is 5.85. The second-order valence-electron chi connectivity index (χ2n) is 8.34. The van der Waals surface area contributed by atoms with Gasteiger partial charge < -0.3 is 15.0 Å². The molecular weight excluding hydrogens is 500 g/mol. The van der Waals surface area contributed by atoms with Gasteiger partial charge >= 0.3 is 6.03 Å². The van der Waals surface area contributed by atoms with Crippen LogP contribution in [0.5, 0.6) is 5.75 Å². The maximum atomic E-state index is 12.7. The molecule has 2 aromatic carbocycles. The van der Waals surface area contributed by atoms with E-state index in [9.17, 15) is 9.59 Å². The number of fused-ring (bicyclic) bond motifs is 1. The van der Waals surface area contributed by atoms with E-state index in [2.05, 4.69) is 20.3 Å². The SMILES string of the molecule is CCOc1ccc(NC(=O)N2CCN(Cc3cc(=O)n4nc(-c5ccc(Cl)cc5)sc4n3)CC2)cc1. The molecule has 0 unspecified atom stereocenters. The third-order valence-corrected chi connectivity index (χ3v) is 7.06. The fraction of sp³-hybridized carbons (Fsp3) is 0.280. The van der Waals surface area contributed by atoms with E-state index in [1.165, 1.54) is 21.9 Å². The van der Waals surface area contributed by atoms with Gasteiger partial charge in [-0.25, -0.2) is 9.78 Å². The van der Waals surface area contributed by atoms with Gasteiger partial charge in [0.15, 0.2) is 0 Å². The number of ether oxygens (including phenoxy) is 1. The van der Waals surface area contributed by atoms with Crippen molar-refractivity contribution in [1.82, 2.24) is 24.4 Å². The first-order chi connectivity index (χ1) is 17.5. The average Bonchev–Trinajstić information content (AvgIpc) is 3.31. The van der Waals surface area contributed by atoms with Crippen LogP contribution in [0.1, 0.15) is 12.6 Å². The number of halogens is 1. The number of anilines is 1. The summed E-state index contributed by atoms with van der Waals surface area (Å²) in [7, 11) is 0. The Morgan fingerprint density at radius 1 is 1.08 bits per heavy atom. The predicted octanol–water partition coefficient (Wildman–Crippen LogP) is 4.22. The minimum atomic E-state index is -0.208. The Labute approximate surface area is 216 Å². The molecule has 2 amide bonds. The first-order valence-electron chi connectivity index (χ1n) is 11.7. The van der Waals surface area contributed by atoms with Crippen molar-refractivity contribution >= 4 is 39.6 Å². The van der Waals surface area contributed by atoms with Crippen LogP contribution in [0.25, 0.3) is 15.5 Å².